The number of carbonyl (C=O) groups is 1. The van der Waals surface area contributed by atoms with Crippen molar-refractivity contribution >= 4 is 11.6 Å². The zero-order chi connectivity index (χ0) is 15.5. The molecule has 0 aromatic heterocycles. The summed E-state index contributed by atoms with van der Waals surface area (Å²) < 4.78 is 5.18. The fraction of sp³-hybridized carbons (Fsp3) is 0.588. The number of methoxy groups -OCH3 is 1. The molecule has 0 atom stereocenters. The van der Waals surface area contributed by atoms with Crippen LogP contribution in [0, 0.1) is 5.41 Å². The van der Waals surface area contributed by atoms with Gasteiger partial charge in [0.2, 0.25) is 5.91 Å². The molecular weight excluding hydrogens is 264 g/mol. The SMILES string of the molecule is COc1ccc(N2CCN(C(=O)CC(C)(C)C)CC2)cc1. The predicted molar refractivity (Wildman–Crippen MR) is 85.9 cm³/mol. The number of amides is 1. The summed E-state index contributed by atoms with van der Waals surface area (Å²) in [6.07, 6.45) is 0.621. The molecule has 0 N–H and O–H groups in total. The summed E-state index contributed by atoms with van der Waals surface area (Å²) in [5.41, 5.74) is 1.25. The first kappa shape index (κ1) is 15.7. The molecule has 116 valence electrons. The van der Waals surface area contributed by atoms with Gasteiger partial charge in [0.25, 0.3) is 0 Å². The zero-order valence-corrected chi connectivity index (χ0v) is 13.6. The molecule has 1 aromatic rings. The maximum atomic E-state index is 12.2. The van der Waals surface area contributed by atoms with Gasteiger partial charge in [0.05, 0.1) is 7.11 Å². The average molecular weight is 290 g/mol. The molecule has 4 nitrogen and oxygen atoms in total. The van der Waals surface area contributed by atoms with Crippen LogP contribution in [-0.2, 0) is 4.79 Å². The molecule has 0 radical (unpaired) electrons. The average Bonchev–Trinajstić information content (AvgIpc) is 2.46. The van der Waals surface area contributed by atoms with Crippen LogP contribution in [0.3, 0.4) is 0 Å². The lowest BCUT2D eigenvalue weighted by Gasteiger charge is -2.37. The lowest BCUT2D eigenvalue weighted by molar-refractivity contribution is -0.133. The molecule has 1 heterocycles. The van der Waals surface area contributed by atoms with E-state index in [0.717, 1.165) is 31.9 Å². The van der Waals surface area contributed by atoms with Gasteiger partial charge in [0.15, 0.2) is 0 Å². The van der Waals surface area contributed by atoms with E-state index in [1.165, 1.54) is 5.69 Å². The molecule has 4 heteroatoms. The Hall–Kier alpha value is -1.71. The van der Waals surface area contributed by atoms with Gasteiger partial charge in [-0.15, -0.1) is 0 Å². The number of carbonyl (C=O) groups excluding carboxylic acids is 1. The fourth-order valence-electron chi connectivity index (χ4n) is 2.57. The van der Waals surface area contributed by atoms with Crippen molar-refractivity contribution in [3.8, 4) is 5.75 Å². The first-order valence-electron chi connectivity index (χ1n) is 7.56. The highest BCUT2D eigenvalue weighted by Crippen LogP contribution is 2.23. The van der Waals surface area contributed by atoms with Crippen molar-refractivity contribution in [1.29, 1.82) is 0 Å². The van der Waals surface area contributed by atoms with E-state index in [9.17, 15) is 4.79 Å². The summed E-state index contributed by atoms with van der Waals surface area (Å²) in [5, 5.41) is 0. The Morgan fingerprint density at radius 1 is 1.10 bits per heavy atom. The minimum Gasteiger partial charge on any atom is -0.497 e. The predicted octanol–water partition coefficient (Wildman–Crippen LogP) is 2.78. The van der Waals surface area contributed by atoms with Gasteiger partial charge >= 0.3 is 0 Å². The van der Waals surface area contributed by atoms with Crippen molar-refractivity contribution < 1.29 is 9.53 Å². The van der Waals surface area contributed by atoms with E-state index in [-0.39, 0.29) is 11.3 Å². The van der Waals surface area contributed by atoms with Crippen LogP contribution in [0.1, 0.15) is 27.2 Å². The number of benzene rings is 1. The Balaban J connectivity index is 1.89. The molecule has 0 bridgehead atoms. The highest BCUT2D eigenvalue weighted by atomic mass is 16.5. The van der Waals surface area contributed by atoms with E-state index in [1.807, 2.05) is 17.0 Å². The third-order valence-corrected chi connectivity index (χ3v) is 3.75. The molecule has 0 spiro atoms. The van der Waals surface area contributed by atoms with Crippen LogP contribution in [-0.4, -0.2) is 44.1 Å². The number of rotatable bonds is 3. The second-order valence-electron chi connectivity index (χ2n) is 6.80. The van der Waals surface area contributed by atoms with Gasteiger partial charge in [-0.2, -0.15) is 0 Å². The van der Waals surface area contributed by atoms with Crippen molar-refractivity contribution in [3.63, 3.8) is 0 Å². The summed E-state index contributed by atoms with van der Waals surface area (Å²) in [5.74, 6) is 1.15. The van der Waals surface area contributed by atoms with Crippen molar-refractivity contribution in [2.75, 3.05) is 38.2 Å². The summed E-state index contributed by atoms with van der Waals surface area (Å²) in [7, 11) is 1.68. The largest absolute Gasteiger partial charge is 0.497 e. The van der Waals surface area contributed by atoms with Gasteiger partial charge in [0.1, 0.15) is 5.75 Å². The summed E-state index contributed by atoms with van der Waals surface area (Å²) in [6.45, 7) is 9.72. The number of ether oxygens (including phenoxy) is 1. The fourth-order valence-corrected chi connectivity index (χ4v) is 2.57. The van der Waals surface area contributed by atoms with Crippen LogP contribution in [0.5, 0.6) is 5.75 Å². The van der Waals surface area contributed by atoms with Crippen LogP contribution in [0.4, 0.5) is 5.69 Å². The summed E-state index contributed by atoms with van der Waals surface area (Å²) >= 11 is 0. The van der Waals surface area contributed by atoms with E-state index in [4.69, 9.17) is 4.74 Å². The quantitative estimate of drug-likeness (QED) is 0.858. The molecular formula is C17H26N2O2. The van der Waals surface area contributed by atoms with Gasteiger partial charge < -0.3 is 14.5 Å². The zero-order valence-electron chi connectivity index (χ0n) is 13.6. The Bertz CT molecular complexity index is 469. The third kappa shape index (κ3) is 4.38. The number of hydrogen-bond donors (Lipinski definition) is 0. The monoisotopic (exact) mass is 290 g/mol. The molecule has 0 unspecified atom stereocenters. The number of anilines is 1. The number of nitrogens with zero attached hydrogens (tertiary/aromatic N) is 2. The molecule has 1 amide bonds. The van der Waals surface area contributed by atoms with Crippen LogP contribution >= 0.6 is 0 Å². The van der Waals surface area contributed by atoms with Crippen molar-refractivity contribution in [2.24, 2.45) is 5.41 Å². The maximum Gasteiger partial charge on any atom is 0.223 e. The Kier molecular flexibility index (Phi) is 4.76. The van der Waals surface area contributed by atoms with Crippen molar-refractivity contribution in [1.82, 2.24) is 4.90 Å². The third-order valence-electron chi connectivity index (χ3n) is 3.75. The smallest absolute Gasteiger partial charge is 0.223 e. The molecule has 0 aliphatic carbocycles. The van der Waals surface area contributed by atoms with E-state index >= 15 is 0 Å². The van der Waals surface area contributed by atoms with E-state index < -0.39 is 0 Å². The van der Waals surface area contributed by atoms with E-state index in [1.54, 1.807) is 7.11 Å². The minimum atomic E-state index is 0.0597. The van der Waals surface area contributed by atoms with Gasteiger partial charge in [-0.05, 0) is 29.7 Å². The Morgan fingerprint density at radius 3 is 2.14 bits per heavy atom. The molecule has 1 aliphatic rings. The molecule has 1 aromatic carbocycles. The van der Waals surface area contributed by atoms with Crippen molar-refractivity contribution in [3.05, 3.63) is 24.3 Å². The summed E-state index contributed by atoms with van der Waals surface area (Å²) in [6, 6.07) is 8.11. The number of piperazine rings is 1. The van der Waals surface area contributed by atoms with Gasteiger partial charge in [0, 0.05) is 38.3 Å². The van der Waals surface area contributed by atoms with E-state index in [2.05, 4.69) is 37.8 Å². The second kappa shape index (κ2) is 6.37. The topological polar surface area (TPSA) is 32.8 Å². The lowest BCUT2D eigenvalue weighted by Crippen LogP contribution is -2.49. The molecule has 1 aliphatic heterocycles. The summed E-state index contributed by atoms with van der Waals surface area (Å²) in [4.78, 5) is 16.5. The first-order chi connectivity index (χ1) is 9.89. The maximum absolute atomic E-state index is 12.2. The Morgan fingerprint density at radius 2 is 1.67 bits per heavy atom. The molecule has 0 saturated carbocycles. The van der Waals surface area contributed by atoms with Crippen molar-refractivity contribution in [2.45, 2.75) is 27.2 Å². The van der Waals surface area contributed by atoms with Crippen LogP contribution in [0.15, 0.2) is 24.3 Å². The normalized spacial score (nSPS) is 16.0. The van der Waals surface area contributed by atoms with E-state index in [0.29, 0.717) is 6.42 Å². The highest BCUT2D eigenvalue weighted by Gasteiger charge is 2.24. The lowest BCUT2D eigenvalue weighted by atomic mass is 9.91. The minimum absolute atomic E-state index is 0.0597. The first-order valence-corrected chi connectivity index (χ1v) is 7.56. The van der Waals surface area contributed by atoms with Crippen LogP contribution in [0.2, 0.25) is 0 Å². The molecule has 1 fully saturated rings. The second-order valence-corrected chi connectivity index (χ2v) is 6.80. The molecule has 1 saturated heterocycles. The number of hydrogen-bond acceptors (Lipinski definition) is 3. The standard InChI is InChI=1S/C17H26N2O2/c1-17(2,3)13-16(20)19-11-9-18(10-12-19)14-5-7-15(21-4)8-6-14/h5-8H,9-13H2,1-4H3. The van der Waals surface area contributed by atoms with Gasteiger partial charge in [-0.1, -0.05) is 20.8 Å². The van der Waals surface area contributed by atoms with Crippen LogP contribution < -0.4 is 9.64 Å². The molecule has 21 heavy (non-hydrogen) atoms. The Labute approximate surface area is 127 Å². The molecule has 2 rings (SSSR count). The van der Waals surface area contributed by atoms with Gasteiger partial charge in [-0.25, -0.2) is 0 Å². The highest BCUT2D eigenvalue weighted by molar-refractivity contribution is 5.77. The van der Waals surface area contributed by atoms with Crippen LogP contribution in [0.25, 0.3) is 0 Å². The van der Waals surface area contributed by atoms with Gasteiger partial charge in [-0.3, -0.25) is 4.79 Å².